The van der Waals surface area contributed by atoms with Gasteiger partial charge in [-0.25, -0.2) is 0 Å². The van der Waals surface area contributed by atoms with E-state index in [2.05, 4.69) is 5.32 Å². The predicted molar refractivity (Wildman–Crippen MR) is 98.5 cm³/mol. The molecule has 1 aliphatic carbocycles. The molecule has 0 unspecified atom stereocenters. The SMILES string of the molecule is COC(=O)C1CCC(COc2ccc(C=C3SC(=O)NC3=O)cc2)CC1. The highest BCUT2D eigenvalue weighted by Crippen LogP contribution is 2.30. The van der Waals surface area contributed by atoms with Crippen LogP contribution in [0, 0.1) is 11.8 Å². The third-order valence-electron chi connectivity index (χ3n) is 4.69. The van der Waals surface area contributed by atoms with Crippen molar-refractivity contribution in [2.75, 3.05) is 13.7 Å². The van der Waals surface area contributed by atoms with Crippen LogP contribution in [0.3, 0.4) is 0 Å². The minimum Gasteiger partial charge on any atom is -0.493 e. The van der Waals surface area contributed by atoms with E-state index < -0.39 is 0 Å². The molecule has 7 heteroatoms. The molecule has 138 valence electrons. The molecule has 2 aliphatic rings. The van der Waals surface area contributed by atoms with Crippen LogP contribution in [0.25, 0.3) is 6.08 Å². The zero-order chi connectivity index (χ0) is 18.5. The van der Waals surface area contributed by atoms with E-state index in [1.807, 2.05) is 24.3 Å². The standard InChI is InChI=1S/C19H21NO5S/c1-24-18(22)14-6-2-13(3-7-14)11-25-15-8-4-12(5-9-15)10-16-17(21)20-19(23)26-16/h4-5,8-10,13-14H,2-3,6-7,11H2,1H3,(H,20,21,23). The zero-order valence-corrected chi connectivity index (χ0v) is 15.3. The number of thioether (sulfide) groups is 1. The number of amides is 2. The van der Waals surface area contributed by atoms with Gasteiger partial charge in [0.25, 0.3) is 11.1 Å². The van der Waals surface area contributed by atoms with E-state index in [0.29, 0.717) is 17.4 Å². The normalized spacial score (nSPS) is 24.4. The molecule has 1 aromatic rings. The van der Waals surface area contributed by atoms with Crippen molar-refractivity contribution in [2.24, 2.45) is 11.8 Å². The lowest BCUT2D eigenvalue weighted by molar-refractivity contribution is -0.146. The van der Waals surface area contributed by atoms with Crippen LogP contribution in [0.4, 0.5) is 4.79 Å². The fourth-order valence-corrected chi connectivity index (χ4v) is 3.86. The molecule has 2 fully saturated rings. The van der Waals surface area contributed by atoms with Gasteiger partial charge in [-0.3, -0.25) is 19.7 Å². The molecule has 1 N–H and O–H groups in total. The number of methoxy groups -OCH3 is 1. The molecule has 1 aliphatic heterocycles. The molecular formula is C19H21NO5S. The van der Waals surface area contributed by atoms with Crippen molar-refractivity contribution in [3.63, 3.8) is 0 Å². The maximum absolute atomic E-state index is 11.5. The molecule has 2 amide bonds. The number of imide groups is 1. The summed E-state index contributed by atoms with van der Waals surface area (Å²) in [4.78, 5) is 34.6. The van der Waals surface area contributed by atoms with E-state index in [0.717, 1.165) is 48.8 Å². The van der Waals surface area contributed by atoms with Crippen molar-refractivity contribution in [1.29, 1.82) is 0 Å². The first-order valence-electron chi connectivity index (χ1n) is 8.60. The van der Waals surface area contributed by atoms with Gasteiger partial charge >= 0.3 is 5.97 Å². The second-order valence-corrected chi connectivity index (χ2v) is 7.49. The molecule has 3 rings (SSSR count). The Morgan fingerprint density at radius 1 is 1.19 bits per heavy atom. The lowest BCUT2D eigenvalue weighted by atomic mass is 9.82. The maximum Gasteiger partial charge on any atom is 0.308 e. The van der Waals surface area contributed by atoms with Gasteiger partial charge < -0.3 is 9.47 Å². The highest BCUT2D eigenvalue weighted by Gasteiger charge is 2.27. The lowest BCUT2D eigenvalue weighted by Crippen LogP contribution is -2.25. The van der Waals surface area contributed by atoms with Gasteiger partial charge in [-0.15, -0.1) is 0 Å². The van der Waals surface area contributed by atoms with E-state index >= 15 is 0 Å². The minimum absolute atomic E-state index is 0.0288. The number of carbonyl (C=O) groups is 3. The van der Waals surface area contributed by atoms with Crippen LogP contribution in [0.1, 0.15) is 31.2 Å². The number of ether oxygens (including phenoxy) is 2. The highest BCUT2D eigenvalue weighted by molar-refractivity contribution is 8.18. The molecule has 6 nitrogen and oxygen atoms in total. The van der Waals surface area contributed by atoms with Crippen LogP contribution in [-0.4, -0.2) is 30.8 Å². The summed E-state index contributed by atoms with van der Waals surface area (Å²) in [5, 5.41) is 1.89. The summed E-state index contributed by atoms with van der Waals surface area (Å²) in [6, 6.07) is 7.41. The van der Waals surface area contributed by atoms with Crippen molar-refractivity contribution in [3.05, 3.63) is 34.7 Å². The second kappa shape index (κ2) is 8.40. The van der Waals surface area contributed by atoms with Gasteiger partial charge in [0.1, 0.15) is 5.75 Å². The Labute approximate surface area is 156 Å². The summed E-state index contributed by atoms with van der Waals surface area (Å²) in [6.45, 7) is 0.626. The van der Waals surface area contributed by atoms with Crippen molar-refractivity contribution < 1.29 is 23.9 Å². The number of hydrogen-bond acceptors (Lipinski definition) is 6. The summed E-state index contributed by atoms with van der Waals surface area (Å²) >= 11 is 0.903. The summed E-state index contributed by atoms with van der Waals surface area (Å²) < 4.78 is 10.7. The minimum atomic E-state index is -0.358. The van der Waals surface area contributed by atoms with Gasteiger partial charge in [-0.05, 0) is 67.1 Å². The number of hydrogen-bond donors (Lipinski definition) is 1. The Morgan fingerprint density at radius 3 is 2.46 bits per heavy atom. The number of esters is 1. The quantitative estimate of drug-likeness (QED) is 0.628. The van der Waals surface area contributed by atoms with Gasteiger partial charge in [0.05, 0.1) is 24.5 Å². The number of benzene rings is 1. The molecule has 0 spiro atoms. The highest BCUT2D eigenvalue weighted by atomic mass is 32.2. The molecule has 0 bridgehead atoms. The molecule has 1 heterocycles. The summed E-state index contributed by atoms with van der Waals surface area (Å²) in [6.07, 6.45) is 5.31. The van der Waals surface area contributed by atoms with Crippen LogP contribution < -0.4 is 10.1 Å². The third-order valence-corrected chi connectivity index (χ3v) is 5.50. The van der Waals surface area contributed by atoms with Crippen LogP contribution in [0.15, 0.2) is 29.2 Å². The van der Waals surface area contributed by atoms with Gasteiger partial charge in [0, 0.05) is 0 Å². The van der Waals surface area contributed by atoms with Crippen molar-refractivity contribution in [1.82, 2.24) is 5.32 Å². The Hall–Kier alpha value is -2.28. The van der Waals surface area contributed by atoms with E-state index in [9.17, 15) is 14.4 Å². The fraction of sp³-hybridized carbons (Fsp3) is 0.421. The number of carbonyl (C=O) groups excluding carboxylic acids is 3. The van der Waals surface area contributed by atoms with Crippen LogP contribution >= 0.6 is 11.8 Å². The Bertz CT molecular complexity index is 720. The third kappa shape index (κ3) is 4.66. The second-order valence-electron chi connectivity index (χ2n) is 6.47. The smallest absolute Gasteiger partial charge is 0.308 e. The van der Waals surface area contributed by atoms with Gasteiger partial charge in [0.15, 0.2) is 0 Å². The van der Waals surface area contributed by atoms with Gasteiger partial charge in [-0.2, -0.15) is 0 Å². The molecule has 1 aromatic carbocycles. The van der Waals surface area contributed by atoms with Crippen molar-refractivity contribution >= 4 is 35.0 Å². The summed E-state index contributed by atoms with van der Waals surface area (Å²) in [7, 11) is 1.44. The van der Waals surface area contributed by atoms with E-state index in [1.54, 1.807) is 6.08 Å². The summed E-state index contributed by atoms with van der Waals surface area (Å²) in [5.74, 6) is 0.776. The molecule has 0 radical (unpaired) electrons. The average molecular weight is 375 g/mol. The maximum atomic E-state index is 11.5. The van der Waals surface area contributed by atoms with Crippen LogP contribution in [-0.2, 0) is 14.3 Å². The Balaban J connectivity index is 1.48. The van der Waals surface area contributed by atoms with E-state index in [-0.39, 0.29) is 23.0 Å². The fourth-order valence-electron chi connectivity index (χ4n) is 3.18. The van der Waals surface area contributed by atoms with Crippen LogP contribution in [0.2, 0.25) is 0 Å². The van der Waals surface area contributed by atoms with Crippen molar-refractivity contribution in [3.8, 4) is 5.75 Å². The molecule has 0 aromatic heterocycles. The van der Waals surface area contributed by atoms with Gasteiger partial charge in [0.2, 0.25) is 0 Å². The van der Waals surface area contributed by atoms with E-state index in [4.69, 9.17) is 9.47 Å². The number of rotatable bonds is 5. The molecule has 26 heavy (non-hydrogen) atoms. The molecule has 1 saturated carbocycles. The van der Waals surface area contributed by atoms with Crippen molar-refractivity contribution in [2.45, 2.75) is 25.7 Å². The number of nitrogens with one attached hydrogen (secondary N) is 1. The summed E-state index contributed by atoms with van der Waals surface area (Å²) in [5.41, 5.74) is 0.836. The largest absolute Gasteiger partial charge is 0.493 e. The monoisotopic (exact) mass is 375 g/mol. The predicted octanol–water partition coefficient (Wildman–Crippen LogP) is 3.37. The first-order chi connectivity index (χ1) is 12.5. The Morgan fingerprint density at radius 2 is 1.88 bits per heavy atom. The molecular weight excluding hydrogens is 354 g/mol. The van der Waals surface area contributed by atoms with Gasteiger partial charge in [-0.1, -0.05) is 12.1 Å². The lowest BCUT2D eigenvalue weighted by Gasteiger charge is -2.26. The van der Waals surface area contributed by atoms with E-state index in [1.165, 1.54) is 7.11 Å². The Kier molecular flexibility index (Phi) is 5.98. The topological polar surface area (TPSA) is 81.7 Å². The first kappa shape index (κ1) is 18.5. The zero-order valence-electron chi connectivity index (χ0n) is 14.5. The average Bonchev–Trinajstić information content (AvgIpc) is 2.98. The molecule has 1 saturated heterocycles. The van der Waals surface area contributed by atoms with Crippen LogP contribution in [0.5, 0.6) is 5.75 Å². The first-order valence-corrected chi connectivity index (χ1v) is 9.42. The molecule has 0 atom stereocenters.